The summed E-state index contributed by atoms with van der Waals surface area (Å²) in [5.41, 5.74) is 0.708. The molecule has 0 amide bonds. The second kappa shape index (κ2) is 6.39. The second-order valence-corrected chi connectivity index (χ2v) is 7.35. The third-order valence-electron chi connectivity index (χ3n) is 5.42. The maximum atomic E-state index is 13.0. The van der Waals surface area contributed by atoms with Crippen LogP contribution in [0.4, 0.5) is 0 Å². The van der Waals surface area contributed by atoms with Gasteiger partial charge in [0.2, 0.25) is 5.78 Å². The maximum Gasteiger partial charge on any atom is 0.201 e. The highest BCUT2D eigenvalue weighted by Gasteiger charge is 2.36. The van der Waals surface area contributed by atoms with Gasteiger partial charge in [0.15, 0.2) is 5.78 Å². The largest absolute Gasteiger partial charge is 0.507 e. The van der Waals surface area contributed by atoms with Crippen LogP contribution < -0.4 is 0 Å². The molecule has 6 nitrogen and oxygen atoms in total. The van der Waals surface area contributed by atoms with E-state index in [-0.39, 0.29) is 45.1 Å². The van der Waals surface area contributed by atoms with Crippen LogP contribution in [0.5, 0.6) is 17.2 Å². The molecular weight excluding hydrogens is 346 g/mol. The fourth-order valence-corrected chi connectivity index (χ4v) is 4.06. The number of phenolic OH excluding ortho intramolecular Hbond substituents is 3. The van der Waals surface area contributed by atoms with E-state index in [0.29, 0.717) is 12.1 Å². The van der Waals surface area contributed by atoms with Crippen LogP contribution in [0, 0.1) is 6.92 Å². The summed E-state index contributed by atoms with van der Waals surface area (Å²) in [7, 11) is 0. The Balaban J connectivity index is 1.84. The molecule has 140 valence electrons. The SMILES string of the molecule is Cc1cc(O)c2c(c1)C(=O)c1cc(O)c(CN3CCCCC3)c(O)c1C2=O. The highest BCUT2D eigenvalue weighted by molar-refractivity contribution is 6.30. The van der Waals surface area contributed by atoms with Crippen molar-refractivity contribution in [3.8, 4) is 17.2 Å². The number of carbonyl (C=O) groups is 2. The van der Waals surface area contributed by atoms with Crippen molar-refractivity contribution in [2.24, 2.45) is 0 Å². The predicted octanol–water partition coefficient (Wildman–Crippen LogP) is 2.87. The predicted molar refractivity (Wildman–Crippen MR) is 98.6 cm³/mol. The number of aromatic hydroxyl groups is 3. The molecule has 0 spiro atoms. The number of rotatable bonds is 2. The van der Waals surface area contributed by atoms with Crippen molar-refractivity contribution in [1.29, 1.82) is 0 Å². The average Bonchev–Trinajstić information content (AvgIpc) is 2.63. The van der Waals surface area contributed by atoms with E-state index in [9.17, 15) is 24.9 Å². The van der Waals surface area contributed by atoms with E-state index in [1.807, 2.05) is 0 Å². The molecule has 2 aromatic carbocycles. The molecule has 2 aliphatic rings. The van der Waals surface area contributed by atoms with Crippen molar-refractivity contribution in [3.05, 3.63) is 51.6 Å². The minimum atomic E-state index is -0.602. The van der Waals surface area contributed by atoms with Crippen LogP contribution in [-0.4, -0.2) is 44.9 Å². The quantitative estimate of drug-likeness (QED) is 0.644. The topological polar surface area (TPSA) is 98.1 Å². The lowest BCUT2D eigenvalue weighted by Gasteiger charge is -2.28. The number of benzene rings is 2. The fraction of sp³-hybridized carbons (Fsp3) is 0.333. The fourth-order valence-electron chi connectivity index (χ4n) is 4.06. The number of likely N-dealkylation sites (tertiary alicyclic amines) is 1. The van der Waals surface area contributed by atoms with Crippen molar-refractivity contribution < 1.29 is 24.9 Å². The molecule has 0 radical (unpaired) electrons. The van der Waals surface area contributed by atoms with Crippen molar-refractivity contribution in [2.75, 3.05) is 13.1 Å². The molecule has 3 N–H and O–H groups in total. The maximum absolute atomic E-state index is 13.0. The summed E-state index contributed by atoms with van der Waals surface area (Å²) in [5.74, 6) is -1.94. The number of nitrogens with zero attached hydrogens (tertiary/aromatic N) is 1. The molecule has 0 saturated carbocycles. The Morgan fingerprint density at radius 3 is 2.22 bits per heavy atom. The summed E-state index contributed by atoms with van der Waals surface area (Å²) in [6.07, 6.45) is 3.25. The van der Waals surface area contributed by atoms with E-state index in [1.54, 1.807) is 6.92 Å². The van der Waals surface area contributed by atoms with E-state index in [4.69, 9.17) is 0 Å². The first kappa shape index (κ1) is 17.5. The van der Waals surface area contributed by atoms with Crippen LogP contribution in [0.15, 0.2) is 18.2 Å². The Labute approximate surface area is 156 Å². The van der Waals surface area contributed by atoms with Gasteiger partial charge < -0.3 is 15.3 Å². The molecule has 4 rings (SSSR count). The van der Waals surface area contributed by atoms with Gasteiger partial charge in [-0.1, -0.05) is 6.42 Å². The molecule has 1 aliphatic heterocycles. The summed E-state index contributed by atoms with van der Waals surface area (Å²) in [6.45, 7) is 3.72. The van der Waals surface area contributed by atoms with Crippen molar-refractivity contribution >= 4 is 11.6 Å². The third-order valence-corrected chi connectivity index (χ3v) is 5.42. The lowest BCUT2D eigenvalue weighted by Crippen LogP contribution is -2.29. The van der Waals surface area contributed by atoms with Gasteiger partial charge >= 0.3 is 0 Å². The van der Waals surface area contributed by atoms with Crippen LogP contribution in [-0.2, 0) is 6.54 Å². The highest BCUT2D eigenvalue weighted by Crippen LogP contribution is 2.42. The van der Waals surface area contributed by atoms with Gasteiger partial charge in [-0.05, 0) is 56.6 Å². The number of ketones is 2. The van der Waals surface area contributed by atoms with Gasteiger partial charge in [0.05, 0.1) is 16.7 Å². The highest BCUT2D eigenvalue weighted by atomic mass is 16.3. The molecule has 2 aromatic rings. The van der Waals surface area contributed by atoms with Crippen LogP contribution in [0.1, 0.15) is 62.2 Å². The molecule has 6 heteroatoms. The zero-order chi connectivity index (χ0) is 19.3. The van der Waals surface area contributed by atoms with Gasteiger partial charge in [-0.3, -0.25) is 14.5 Å². The monoisotopic (exact) mass is 367 g/mol. The summed E-state index contributed by atoms with van der Waals surface area (Å²) in [5, 5.41) is 31.4. The number of hydrogen-bond acceptors (Lipinski definition) is 6. The Kier molecular flexibility index (Phi) is 4.15. The van der Waals surface area contributed by atoms with E-state index in [2.05, 4.69) is 4.90 Å². The van der Waals surface area contributed by atoms with E-state index < -0.39 is 11.6 Å². The van der Waals surface area contributed by atoms with Gasteiger partial charge in [-0.25, -0.2) is 0 Å². The smallest absolute Gasteiger partial charge is 0.201 e. The molecule has 1 heterocycles. The number of carbonyl (C=O) groups excluding carboxylic acids is 2. The van der Waals surface area contributed by atoms with Gasteiger partial charge in [-0.2, -0.15) is 0 Å². The van der Waals surface area contributed by atoms with Gasteiger partial charge in [-0.15, -0.1) is 0 Å². The zero-order valence-corrected chi connectivity index (χ0v) is 15.1. The molecule has 27 heavy (non-hydrogen) atoms. The van der Waals surface area contributed by atoms with Gasteiger partial charge in [0, 0.05) is 17.7 Å². The lowest BCUT2D eigenvalue weighted by atomic mass is 9.81. The van der Waals surface area contributed by atoms with E-state index in [1.165, 1.54) is 18.2 Å². The second-order valence-electron chi connectivity index (χ2n) is 7.35. The first-order chi connectivity index (χ1) is 12.9. The molecule has 0 aromatic heterocycles. The molecule has 0 bridgehead atoms. The molecule has 0 atom stereocenters. The minimum Gasteiger partial charge on any atom is -0.507 e. The lowest BCUT2D eigenvalue weighted by molar-refractivity contribution is 0.0973. The van der Waals surface area contributed by atoms with Crippen LogP contribution in [0.3, 0.4) is 0 Å². The normalized spacial score (nSPS) is 16.9. The molecule has 0 unspecified atom stereocenters. The Bertz CT molecular complexity index is 973. The van der Waals surface area contributed by atoms with Crippen molar-refractivity contribution in [1.82, 2.24) is 4.90 Å². The summed E-state index contributed by atoms with van der Waals surface area (Å²) >= 11 is 0. The molecule has 1 saturated heterocycles. The van der Waals surface area contributed by atoms with Crippen LogP contribution in [0.25, 0.3) is 0 Å². The number of hydrogen-bond donors (Lipinski definition) is 3. The molecule has 1 fully saturated rings. The minimum absolute atomic E-state index is 0.0325. The Morgan fingerprint density at radius 1 is 0.852 bits per heavy atom. The summed E-state index contributed by atoms with van der Waals surface area (Å²) in [6, 6.07) is 4.21. The first-order valence-corrected chi connectivity index (χ1v) is 9.11. The van der Waals surface area contributed by atoms with Crippen LogP contribution >= 0.6 is 0 Å². The number of piperidine rings is 1. The number of phenols is 3. The summed E-state index contributed by atoms with van der Waals surface area (Å²) < 4.78 is 0. The van der Waals surface area contributed by atoms with Gasteiger partial charge in [0.1, 0.15) is 17.2 Å². The Morgan fingerprint density at radius 2 is 1.52 bits per heavy atom. The molecular formula is C21H21NO5. The van der Waals surface area contributed by atoms with E-state index in [0.717, 1.165) is 32.4 Å². The van der Waals surface area contributed by atoms with Crippen molar-refractivity contribution in [3.63, 3.8) is 0 Å². The average molecular weight is 367 g/mol. The van der Waals surface area contributed by atoms with Gasteiger partial charge in [0.25, 0.3) is 0 Å². The number of fused-ring (bicyclic) bond motifs is 2. The summed E-state index contributed by atoms with van der Waals surface area (Å²) in [4.78, 5) is 28.0. The third kappa shape index (κ3) is 2.77. The van der Waals surface area contributed by atoms with E-state index >= 15 is 0 Å². The number of aryl methyl sites for hydroxylation is 1. The molecule has 1 aliphatic carbocycles. The zero-order valence-electron chi connectivity index (χ0n) is 15.1. The Hall–Kier alpha value is -2.86. The first-order valence-electron chi connectivity index (χ1n) is 9.11. The van der Waals surface area contributed by atoms with Crippen molar-refractivity contribution in [2.45, 2.75) is 32.7 Å². The van der Waals surface area contributed by atoms with Crippen LogP contribution in [0.2, 0.25) is 0 Å². The standard InChI is InChI=1S/C21H21NO5/c1-11-7-12-17(16(24)8-11)21(27)18-13(19(12)25)9-15(23)14(20(18)26)10-22-5-3-2-4-6-22/h7-9,23-24,26H,2-6,10H2,1H3.